The van der Waals surface area contributed by atoms with Gasteiger partial charge in [0.15, 0.2) is 24.7 Å². The minimum Gasteiger partial charge on any atom is -0.370 e. The second kappa shape index (κ2) is 13.2. The lowest BCUT2D eigenvalue weighted by atomic mass is 10.2. The lowest BCUT2D eigenvalue weighted by Gasteiger charge is -2.18. The van der Waals surface area contributed by atoms with E-state index in [2.05, 4.69) is 30.9 Å². The Morgan fingerprint density at radius 2 is 2.18 bits per heavy atom. The number of ether oxygens (including phenoxy) is 1. The molecule has 1 atom stereocenters. The number of halogens is 1. The molecule has 0 radical (unpaired) electrons. The van der Waals surface area contributed by atoms with Gasteiger partial charge in [0.1, 0.15) is 6.35 Å². The van der Waals surface area contributed by atoms with Crippen molar-refractivity contribution >= 4 is 58.3 Å². The molecule has 0 saturated carbocycles. The zero-order chi connectivity index (χ0) is 23.6. The minimum absolute atomic E-state index is 0.0347. The summed E-state index contributed by atoms with van der Waals surface area (Å²) in [7, 11) is -1.32. The van der Waals surface area contributed by atoms with E-state index in [1.165, 1.54) is 18.1 Å². The largest absolute Gasteiger partial charge is 0.370 e. The number of nitrogens with zero attached hydrogens (tertiary/aromatic N) is 3. The van der Waals surface area contributed by atoms with Crippen LogP contribution in [-0.4, -0.2) is 49.9 Å². The molecule has 0 aliphatic carbocycles. The molecule has 0 fully saturated rings. The van der Waals surface area contributed by atoms with Gasteiger partial charge in [0.25, 0.3) is 5.56 Å². The molecule has 13 heteroatoms. The second-order valence-corrected chi connectivity index (χ2v) is 10.3. The summed E-state index contributed by atoms with van der Waals surface area (Å²) in [4.78, 5) is 34.0. The number of imidazole rings is 1. The molecule has 3 N–H and O–H groups in total. The maximum atomic E-state index is 11.9. The molecule has 0 saturated heterocycles. The lowest BCUT2D eigenvalue weighted by molar-refractivity contribution is -0.110. The van der Waals surface area contributed by atoms with Gasteiger partial charge in [0.05, 0.1) is 26.1 Å². The van der Waals surface area contributed by atoms with Crippen LogP contribution in [0, 0.1) is 0 Å². The predicted molar refractivity (Wildman–Crippen MR) is 133 cm³/mol. The number of nitrogen functional groups attached to an aromatic ring is 1. The van der Waals surface area contributed by atoms with Gasteiger partial charge in [-0.1, -0.05) is 46.7 Å². The molecule has 2 heterocycles. The van der Waals surface area contributed by atoms with Crippen LogP contribution in [-0.2, 0) is 31.7 Å². The van der Waals surface area contributed by atoms with Crippen LogP contribution < -0.4 is 11.3 Å². The van der Waals surface area contributed by atoms with E-state index < -0.39 is 8.38 Å². The van der Waals surface area contributed by atoms with Gasteiger partial charge >= 0.3 is 0 Å². The van der Waals surface area contributed by atoms with Crippen LogP contribution in [0.5, 0.6) is 0 Å². The summed E-state index contributed by atoms with van der Waals surface area (Å²) in [5.74, 6) is 0.599. The van der Waals surface area contributed by atoms with Crippen molar-refractivity contribution in [3.8, 4) is 0 Å². The molecule has 3 rings (SSSR count). The van der Waals surface area contributed by atoms with Crippen LogP contribution in [0.4, 0.5) is 5.95 Å². The summed E-state index contributed by atoms with van der Waals surface area (Å²) < 4.78 is 20.3. The van der Waals surface area contributed by atoms with Gasteiger partial charge in [-0.15, -0.1) is 0 Å². The molecule has 0 aliphatic rings. The zero-order valence-electron chi connectivity index (χ0n) is 18.0. The third-order valence-electron chi connectivity index (χ3n) is 4.30. The Labute approximate surface area is 204 Å². The molecule has 0 amide bonds. The summed E-state index contributed by atoms with van der Waals surface area (Å²) in [5, 5.41) is 0.134. The second-order valence-electron chi connectivity index (χ2n) is 6.74. The monoisotopic (exact) mass is 557 g/mol. The van der Waals surface area contributed by atoms with Crippen LogP contribution in [0.1, 0.15) is 18.9 Å². The predicted octanol–water partition coefficient (Wildman–Crippen LogP) is 3.65. The highest BCUT2D eigenvalue weighted by Crippen LogP contribution is 2.39. The van der Waals surface area contributed by atoms with Gasteiger partial charge in [-0.25, -0.2) is 4.98 Å². The molecule has 0 bridgehead atoms. The number of carbonyl (C=O) groups excluding carboxylic acids is 1. The number of fused-ring (bicyclic) bond motifs is 1. The average molecular weight is 558 g/mol. The zero-order valence-corrected chi connectivity index (χ0v) is 21.3. The number of aromatic nitrogens is 4. The normalized spacial score (nSPS) is 12.3. The Hall–Kier alpha value is -1.82. The van der Waals surface area contributed by atoms with E-state index in [0.717, 1.165) is 10.0 Å². The summed E-state index contributed by atoms with van der Waals surface area (Å²) in [6.07, 6.45) is 2.29. The number of thioether (sulfide) groups is 1. The number of rotatable bonds is 13. The molecule has 1 unspecified atom stereocenters. The maximum Gasteiger partial charge on any atom is 0.280 e. The van der Waals surface area contributed by atoms with E-state index >= 15 is 0 Å². The highest BCUT2D eigenvalue weighted by Gasteiger charge is 2.14. The Bertz CT molecular complexity index is 1130. The Kier molecular flexibility index (Phi) is 10.3. The SMILES string of the molecule is CCC(=O)SCCOP(COCCn1cnc2c(=O)[nH]c(N)nc21)OCc1cccc(Br)c1. The van der Waals surface area contributed by atoms with Gasteiger partial charge in [0.2, 0.25) is 5.95 Å². The number of H-pyrrole nitrogens is 1. The summed E-state index contributed by atoms with van der Waals surface area (Å²) in [5.41, 5.74) is 6.89. The summed E-state index contributed by atoms with van der Waals surface area (Å²) in [6, 6.07) is 7.84. The molecular weight excluding hydrogens is 533 g/mol. The number of anilines is 1. The van der Waals surface area contributed by atoms with Crippen LogP contribution in [0.2, 0.25) is 0 Å². The first kappa shape index (κ1) is 25.8. The van der Waals surface area contributed by atoms with Crippen molar-refractivity contribution in [1.29, 1.82) is 0 Å². The van der Waals surface area contributed by atoms with E-state index in [0.29, 0.717) is 44.2 Å². The van der Waals surface area contributed by atoms with E-state index in [9.17, 15) is 9.59 Å². The molecule has 3 aromatic rings. The number of hydrogen-bond acceptors (Lipinski definition) is 9. The molecule has 33 heavy (non-hydrogen) atoms. The molecule has 1 aromatic carbocycles. The third kappa shape index (κ3) is 8.16. The van der Waals surface area contributed by atoms with E-state index in [4.69, 9.17) is 19.5 Å². The maximum absolute atomic E-state index is 11.9. The Morgan fingerprint density at radius 3 is 2.97 bits per heavy atom. The van der Waals surface area contributed by atoms with Gasteiger partial charge in [-0.05, 0) is 17.7 Å². The van der Waals surface area contributed by atoms with Crippen molar-refractivity contribution in [2.75, 3.05) is 31.0 Å². The fourth-order valence-electron chi connectivity index (χ4n) is 2.72. The van der Waals surface area contributed by atoms with Crippen LogP contribution in [0.15, 0.2) is 39.9 Å². The van der Waals surface area contributed by atoms with Crippen molar-refractivity contribution in [1.82, 2.24) is 19.5 Å². The Balaban J connectivity index is 1.51. The first-order valence-electron chi connectivity index (χ1n) is 10.2. The minimum atomic E-state index is -1.32. The molecule has 2 aromatic heterocycles. The first-order valence-corrected chi connectivity index (χ1v) is 13.3. The van der Waals surface area contributed by atoms with Crippen LogP contribution in [0.25, 0.3) is 11.2 Å². The van der Waals surface area contributed by atoms with Crippen molar-refractivity contribution in [2.45, 2.75) is 26.5 Å². The summed E-state index contributed by atoms with van der Waals surface area (Å²) in [6.45, 7) is 3.38. The topological polar surface area (TPSA) is 134 Å². The number of hydrogen-bond donors (Lipinski definition) is 2. The van der Waals surface area contributed by atoms with Crippen LogP contribution >= 0.6 is 36.1 Å². The van der Waals surface area contributed by atoms with Crippen molar-refractivity contribution < 1.29 is 18.6 Å². The Morgan fingerprint density at radius 1 is 1.33 bits per heavy atom. The standard InChI is InChI=1S/C20H25BrN5O5PS/c1-2-16(27)33-9-8-30-32(31-11-14-4-3-5-15(21)10-14)13-29-7-6-26-12-23-17-18(26)24-20(22)25-19(17)28/h3-5,10,12H,2,6-9,11,13H2,1H3,(H3,22,24,25,28). The van der Waals surface area contributed by atoms with Crippen LogP contribution in [0.3, 0.4) is 0 Å². The van der Waals surface area contributed by atoms with Crippen molar-refractivity contribution in [3.63, 3.8) is 0 Å². The van der Waals surface area contributed by atoms with E-state index in [-0.39, 0.29) is 28.5 Å². The molecule has 0 aliphatic heterocycles. The number of carbonyl (C=O) groups is 1. The number of aromatic amines is 1. The highest BCUT2D eigenvalue weighted by molar-refractivity contribution is 9.10. The number of benzene rings is 1. The summed E-state index contributed by atoms with van der Waals surface area (Å²) >= 11 is 4.71. The quantitative estimate of drug-likeness (QED) is 0.238. The fourth-order valence-corrected chi connectivity index (χ4v) is 4.98. The first-order chi connectivity index (χ1) is 16.0. The third-order valence-corrected chi connectivity index (χ3v) is 7.06. The van der Waals surface area contributed by atoms with Crippen molar-refractivity contribution in [3.05, 3.63) is 51.0 Å². The molecule has 178 valence electrons. The molecule has 0 spiro atoms. The molecule has 10 nitrogen and oxygen atoms in total. The van der Waals surface area contributed by atoms with E-state index in [1.807, 2.05) is 31.2 Å². The van der Waals surface area contributed by atoms with Crippen molar-refractivity contribution in [2.24, 2.45) is 0 Å². The van der Waals surface area contributed by atoms with Gasteiger partial charge in [0, 0.05) is 23.2 Å². The van der Waals surface area contributed by atoms with Gasteiger partial charge in [-0.2, -0.15) is 4.98 Å². The average Bonchev–Trinajstić information content (AvgIpc) is 3.20. The fraction of sp³-hybridized carbons (Fsp3) is 0.400. The number of nitrogens with one attached hydrogen (secondary N) is 1. The van der Waals surface area contributed by atoms with Gasteiger partial charge in [-0.3, -0.25) is 14.6 Å². The smallest absolute Gasteiger partial charge is 0.280 e. The lowest BCUT2D eigenvalue weighted by Crippen LogP contribution is -2.13. The molecular formula is C20H25BrN5O5PS. The van der Waals surface area contributed by atoms with E-state index in [1.54, 1.807) is 4.57 Å². The number of nitrogens with two attached hydrogens (primary N) is 1. The van der Waals surface area contributed by atoms with Gasteiger partial charge < -0.3 is 24.1 Å². The highest BCUT2D eigenvalue weighted by atomic mass is 79.9.